The van der Waals surface area contributed by atoms with Crippen LogP contribution in [0.5, 0.6) is 5.75 Å². The Morgan fingerprint density at radius 2 is 1.48 bits per heavy atom. The van der Waals surface area contributed by atoms with Gasteiger partial charge in [-0.05, 0) is 69.6 Å². The van der Waals surface area contributed by atoms with Gasteiger partial charge in [0.25, 0.3) is 5.91 Å². The lowest BCUT2D eigenvalue weighted by atomic mass is 9.80. The smallest absolute Gasteiger partial charge is 0.252 e. The number of hydrogen-bond acceptors (Lipinski definition) is 6. The number of ether oxygens (including phenoxy) is 2. The Labute approximate surface area is 291 Å². The summed E-state index contributed by atoms with van der Waals surface area (Å²) in [5.74, 6) is 0.739. The second-order valence-electron chi connectivity index (χ2n) is 12.1. The van der Waals surface area contributed by atoms with Crippen LogP contribution in [0.4, 0.5) is 0 Å². The summed E-state index contributed by atoms with van der Waals surface area (Å²) < 4.78 is 12.5. The average molecular weight is 666 g/mol. The second kappa shape index (κ2) is 16.5. The van der Waals surface area contributed by atoms with E-state index in [9.17, 15) is 4.79 Å². The number of amides is 1. The monoisotopic (exact) mass is 665 g/mol. The molecular formula is C41H39N5O4. The molecule has 1 aliphatic heterocycles. The summed E-state index contributed by atoms with van der Waals surface area (Å²) in [6.07, 6.45) is 0.623. The standard InChI is InChI=1S/C41H39N5O4/c42-46-44-29-36-15-8-7-14-35(36)28-41(40(48)43-25-24-30-10-3-1-4-11-30)38(33-18-16-32(17-19-33)31-12-5-2-6-13-31)50-39(45-41)34-20-22-37(23-21-34)49-27-9-26-47/h1-8,10-23,38,47H,9,24-29H2,(H,43,48)/t38-,41-/m1/s1. The molecule has 50 heavy (non-hydrogen) atoms. The molecule has 1 amide bonds. The number of azide groups is 1. The molecule has 1 aliphatic rings. The van der Waals surface area contributed by atoms with Gasteiger partial charge in [0.2, 0.25) is 5.90 Å². The lowest BCUT2D eigenvalue weighted by Gasteiger charge is -2.31. The molecule has 252 valence electrons. The van der Waals surface area contributed by atoms with Crippen LogP contribution in [0, 0.1) is 0 Å². The number of carbonyl (C=O) groups excluding carboxylic acids is 1. The fourth-order valence-electron chi connectivity index (χ4n) is 6.16. The molecule has 2 N–H and O–H groups in total. The Morgan fingerprint density at radius 1 is 0.840 bits per heavy atom. The highest BCUT2D eigenvalue weighted by Gasteiger charge is 2.53. The van der Waals surface area contributed by atoms with Gasteiger partial charge in [-0.15, -0.1) is 0 Å². The molecule has 0 radical (unpaired) electrons. The third-order valence-corrected chi connectivity index (χ3v) is 8.78. The van der Waals surface area contributed by atoms with Crippen molar-refractivity contribution in [3.63, 3.8) is 0 Å². The molecule has 0 aliphatic carbocycles. The fourth-order valence-corrected chi connectivity index (χ4v) is 6.16. The Bertz CT molecular complexity index is 1940. The maximum Gasteiger partial charge on any atom is 0.252 e. The molecule has 1 heterocycles. The predicted octanol–water partition coefficient (Wildman–Crippen LogP) is 7.78. The van der Waals surface area contributed by atoms with Crippen LogP contribution in [-0.2, 0) is 28.9 Å². The van der Waals surface area contributed by atoms with Gasteiger partial charge in [-0.3, -0.25) is 4.79 Å². The number of aliphatic hydroxyl groups excluding tert-OH is 1. The maximum absolute atomic E-state index is 14.7. The van der Waals surface area contributed by atoms with Gasteiger partial charge in [0.1, 0.15) is 5.75 Å². The minimum Gasteiger partial charge on any atom is -0.494 e. The zero-order chi connectivity index (χ0) is 34.6. The Morgan fingerprint density at radius 3 is 2.18 bits per heavy atom. The largest absolute Gasteiger partial charge is 0.494 e. The van der Waals surface area contributed by atoms with Gasteiger partial charge in [0.05, 0.1) is 13.2 Å². The van der Waals surface area contributed by atoms with Crippen LogP contribution in [-0.4, -0.2) is 42.2 Å². The molecule has 2 atom stereocenters. The first kappa shape index (κ1) is 34.0. The van der Waals surface area contributed by atoms with Crippen molar-refractivity contribution in [3.05, 3.63) is 172 Å². The third kappa shape index (κ3) is 8.04. The van der Waals surface area contributed by atoms with E-state index in [0.29, 0.717) is 43.2 Å². The Balaban J connectivity index is 1.41. The van der Waals surface area contributed by atoms with Gasteiger partial charge in [-0.1, -0.05) is 114 Å². The summed E-state index contributed by atoms with van der Waals surface area (Å²) in [5.41, 5.74) is 14.1. The van der Waals surface area contributed by atoms with E-state index in [2.05, 4.69) is 27.5 Å². The molecule has 0 saturated heterocycles. The fraction of sp³-hybridized carbons (Fsp3) is 0.220. The normalized spacial score (nSPS) is 16.5. The van der Waals surface area contributed by atoms with Crippen molar-refractivity contribution in [1.29, 1.82) is 0 Å². The molecule has 0 fully saturated rings. The number of aliphatic hydroxyl groups is 1. The van der Waals surface area contributed by atoms with E-state index in [1.807, 2.05) is 121 Å². The van der Waals surface area contributed by atoms with E-state index < -0.39 is 11.6 Å². The first-order chi connectivity index (χ1) is 24.6. The second-order valence-corrected chi connectivity index (χ2v) is 12.1. The van der Waals surface area contributed by atoms with Crippen LogP contribution in [0.3, 0.4) is 0 Å². The van der Waals surface area contributed by atoms with E-state index in [1.165, 1.54) is 0 Å². The van der Waals surface area contributed by atoms with Crippen molar-refractivity contribution in [2.24, 2.45) is 10.1 Å². The molecule has 0 spiro atoms. The number of rotatable bonds is 15. The molecule has 0 bridgehead atoms. The van der Waals surface area contributed by atoms with Crippen molar-refractivity contribution >= 4 is 11.8 Å². The minimum absolute atomic E-state index is 0.0535. The van der Waals surface area contributed by atoms with Gasteiger partial charge in [0, 0.05) is 36.5 Å². The molecule has 9 heteroatoms. The van der Waals surface area contributed by atoms with Crippen molar-refractivity contribution < 1.29 is 19.4 Å². The third-order valence-electron chi connectivity index (χ3n) is 8.78. The van der Waals surface area contributed by atoms with Gasteiger partial charge in [-0.25, -0.2) is 4.99 Å². The topological polar surface area (TPSA) is 129 Å². The quantitative estimate of drug-likeness (QED) is 0.0512. The summed E-state index contributed by atoms with van der Waals surface area (Å²) in [5, 5.41) is 16.2. The Kier molecular flexibility index (Phi) is 11.2. The first-order valence-electron chi connectivity index (χ1n) is 16.8. The molecule has 6 rings (SSSR count). The number of nitrogens with zero attached hydrogens (tertiary/aromatic N) is 4. The van der Waals surface area contributed by atoms with E-state index in [1.54, 1.807) is 0 Å². The summed E-state index contributed by atoms with van der Waals surface area (Å²) in [7, 11) is 0. The van der Waals surface area contributed by atoms with Crippen molar-refractivity contribution in [2.45, 2.75) is 37.5 Å². The zero-order valence-corrected chi connectivity index (χ0v) is 27.7. The summed E-state index contributed by atoms with van der Waals surface area (Å²) in [4.78, 5) is 22.9. The molecular weight excluding hydrogens is 626 g/mol. The SMILES string of the molecule is [N-]=[N+]=NCc1ccccc1C[C@@]1(C(=O)NCCc2ccccc2)N=C(c2ccc(OCCCO)cc2)O[C@@H]1c1ccc(-c2ccccc2)cc1. The number of aliphatic imine (C=N–C) groups is 1. The van der Waals surface area contributed by atoms with Crippen LogP contribution in [0.25, 0.3) is 21.6 Å². The van der Waals surface area contributed by atoms with Crippen LogP contribution in [0.15, 0.2) is 144 Å². The van der Waals surface area contributed by atoms with Gasteiger partial charge in [-0.2, -0.15) is 0 Å². The van der Waals surface area contributed by atoms with Crippen molar-refractivity contribution in [1.82, 2.24) is 5.32 Å². The molecule has 0 unspecified atom stereocenters. The van der Waals surface area contributed by atoms with Crippen LogP contribution < -0.4 is 10.1 Å². The maximum atomic E-state index is 14.7. The van der Waals surface area contributed by atoms with E-state index in [0.717, 1.165) is 33.4 Å². The van der Waals surface area contributed by atoms with Gasteiger partial charge < -0.3 is 19.9 Å². The number of carbonyl (C=O) groups is 1. The van der Waals surface area contributed by atoms with E-state index in [4.69, 9.17) is 25.1 Å². The number of benzene rings is 5. The van der Waals surface area contributed by atoms with Gasteiger partial charge in [0.15, 0.2) is 11.6 Å². The summed E-state index contributed by atoms with van der Waals surface area (Å²) in [6, 6.07) is 43.3. The molecule has 5 aromatic rings. The minimum atomic E-state index is -1.40. The molecule has 0 aromatic heterocycles. The highest BCUT2D eigenvalue weighted by Crippen LogP contribution is 2.43. The van der Waals surface area contributed by atoms with Gasteiger partial charge >= 0.3 is 0 Å². The average Bonchev–Trinajstić information content (AvgIpc) is 3.56. The molecule has 5 aromatic carbocycles. The van der Waals surface area contributed by atoms with Crippen molar-refractivity contribution in [2.75, 3.05) is 19.8 Å². The lowest BCUT2D eigenvalue weighted by Crippen LogP contribution is -2.50. The van der Waals surface area contributed by atoms with Crippen LogP contribution in [0.2, 0.25) is 0 Å². The highest BCUT2D eigenvalue weighted by molar-refractivity contribution is 6.01. The number of nitrogens with one attached hydrogen (secondary N) is 1. The predicted molar refractivity (Wildman–Crippen MR) is 195 cm³/mol. The Hall–Kier alpha value is -5.89. The van der Waals surface area contributed by atoms with Crippen LogP contribution >= 0.6 is 0 Å². The van der Waals surface area contributed by atoms with E-state index >= 15 is 0 Å². The zero-order valence-electron chi connectivity index (χ0n) is 27.7. The summed E-state index contributed by atoms with van der Waals surface area (Å²) in [6.45, 7) is 1.01. The first-order valence-corrected chi connectivity index (χ1v) is 16.8. The van der Waals surface area contributed by atoms with Crippen LogP contribution in [0.1, 0.15) is 40.3 Å². The lowest BCUT2D eigenvalue weighted by molar-refractivity contribution is -0.128. The van der Waals surface area contributed by atoms with Crippen molar-refractivity contribution in [3.8, 4) is 16.9 Å². The highest BCUT2D eigenvalue weighted by atomic mass is 16.5. The molecule has 0 saturated carbocycles. The van der Waals surface area contributed by atoms with E-state index in [-0.39, 0.29) is 25.5 Å². The summed E-state index contributed by atoms with van der Waals surface area (Å²) >= 11 is 0. The number of hydrogen-bond donors (Lipinski definition) is 2. The molecule has 9 nitrogen and oxygen atoms in total.